The summed E-state index contributed by atoms with van der Waals surface area (Å²) in [6.45, 7) is 15.6. The molecule has 0 saturated heterocycles. The number of aliphatic imine (C=N–C) groups is 2. The van der Waals surface area contributed by atoms with Crippen LogP contribution in [-0.4, -0.2) is 57.3 Å². The van der Waals surface area contributed by atoms with Crippen molar-refractivity contribution in [2.75, 3.05) is 0 Å². The molecular formula is C40H46N5Na3O7. The molecule has 12 nitrogen and oxygen atoms in total. The van der Waals surface area contributed by atoms with E-state index in [4.69, 9.17) is 9.98 Å². The molecule has 5 rings (SSSR count). The fourth-order valence-corrected chi connectivity index (χ4v) is 7.79. The third-order valence-electron chi connectivity index (χ3n) is 10.8. The van der Waals surface area contributed by atoms with Gasteiger partial charge in [0.05, 0.1) is 41.0 Å². The number of hydrogen-bond donors (Lipinski definition) is 3. The Bertz CT molecular complexity index is 2110. The van der Waals surface area contributed by atoms with Crippen LogP contribution >= 0.6 is 0 Å². The molecule has 0 saturated carbocycles. The van der Waals surface area contributed by atoms with Crippen LogP contribution < -0.4 is 120 Å². The van der Waals surface area contributed by atoms with Crippen LogP contribution in [0, 0.1) is 25.7 Å². The molecule has 3 aliphatic heterocycles. The smallest absolute Gasteiger partial charge is 0.550 e. The monoisotopic (exact) mass is 777 g/mol. The summed E-state index contributed by atoms with van der Waals surface area (Å²) in [4.78, 5) is 68.0. The van der Waals surface area contributed by atoms with E-state index in [2.05, 4.69) is 21.9 Å². The van der Waals surface area contributed by atoms with Gasteiger partial charge in [0.15, 0.2) is 0 Å². The molecule has 5 heterocycles. The Kier molecular flexibility index (Phi) is 18.6. The number of amides is 1. The van der Waals surface area contributed by atoms with Crippen molar-refractivity contribution in [3.05, 3.63) is 73.3 Å². The molecule has 2 aromatic rings. The summed E-state index contributed by atoms with van der Waals surface area (Å²) in [5, 5.41) is 41.2. The molecule has 0 radical (unpaired) electrons. The SMILES string of the molecule is C=Cc1c2[nH]c(c1C)CC1N=C(/C(C(=O)[O-])=C3N=C(/C=c4\[nH]/c(c(C)c4CC)=C\2)C(C)=C\3C(=O)NC(CCCCC)C(=O)[O-])[C@@H](CCC(=O)[O-])[C@@H]1C.[Na+].[Na+].[Na+]. The van der Waals surface area contributed by atoms with Gasteiger partial charge in [0.2, 0.25) is 0 Å². The molecular weight excluding hydrogens is 731 g/mol. The van der Waals surface area contributed by atoms with E-state index in [0.717, 1.165) is 51.8 Å². The molecule has 3 N–H and O–H groups in total. The van der Waals surface area contributed by atoms with E-state index in [-0.39, 0.29) is 131 Å². The van der Waals surface area contributed by atoms with E-state index in [9.17, 15) is 34.5 Å². The first-order valence-electron chi connectivity index (χ1n) is 18.0. The molecule has 2 unspecified atom stereocenters. The topological polar surface area (TPSA) is 206 Å². The second-order valence-corrected chi connectivity index (χ2v) is 14.0. The molecule has 2 aromatic heterocycles. The van der Waals surface area contributed by atoms with E-state index < -0.39 is 47.4 Å². The molecule has 0 fully saturated rings. The fourth-order valence-electron chi connectivity index (χ4n) is 7.79. The van der Waals surface area contributed by atoms with Crippen LogP contribution in [0.15, 0.2) is 39.0 Å². The van der Waals surface area contributed by atoms with Gasteiger partial charge in [-0.1, -0.05) is 52.7 Å². The predicted molar refractivity (Wildman–Crippen MR) is 193 cm³/mol. The zero-order valence-electron chi connectivity index (χ0n) is 33.7. The van der Waals surface area contributed by atoms with Crippen LogP contribution in [0.3, 0.4) is 0 Å². The maximum atomic E-state index is 14.1. The van der Waals surface area contributed by atoms with Gasteiger partial charge in [0.1, 0.15) is 0 Å². The zero-order valence-corrected chi connectivity index (χ0v) is 39.7. The van der Waals surface area contributed by atoms with Crippen LogP contribution in [0.1, 0.15) is 99.9 Å². The second-order valence-electron chi connectivity index (χ2n) is 14.0. The number of H-pyrrole nitrogens is 2. The van der Waals surface area contributed by atoms with Gasteiger partial charge < -0.3 is 45.0 Å². The Labute approximate surface area is 388 Å². The number of hydrogen-bond acceptors (Lipinski definition) is 9. The summed E-state index contributed by atoms with van der Waals surface area (Å²) in [6, 6.07) is -1.80. The van der Waals surface area contributed by atoms with Crippen molar-refractivity contribution in [1.29, 1.82) is 0 Å². The number of nitrogens with one attached hydrogen (secondary N) is 3. The molecule has 0 aliphatic carbocycles. The molecule has 55 heavy (non-hydrogen) atoms. The standard InChI is InChI=1S/C40H49N5O7.3Na/c1-8-11-12-13-26(39(49)50)45-38(48)34-22(7)30-18-32-24(10-3)20(5)28(42-32)17-31-23(9-2)19(4)27(41-31)16-29-21(6)25(14-15-33(46)47)36(43-29)35(40(51)52)37(34)44-30;;;/h9,17-18,21,25-26,29,41-42H,2,8,10-16H2,1,3-7H3,(H,45,48)(H,46,47)(H,49,50)(H,51,52);;;/q;3*+1/p-3/b28-17-,32-18-,37-35+;;;/t21-,25-,26?,29?;;;/m0.../s1. The number of carbonyl (C=O) groups is 4. The number of carboxylic acids is 3. The van der Waals surface area contributed by atoms with Gasteiger partial charge in [0.25, 0.3) is 5.91 Å². The first-order chi connectivity index (χ1) is 24.7. The van der Waals surface area contributed by atoms with E-state index in [1.54, 1.807) is 19.1 Å². The molecule has 0 spiro atoms. The fraction of sp³-hybridized carbons (Fsp3) is 0.450. The van der Waals surface area contributed by atoms with Crippen molar-refractivity contribution in [3.63, 3.8) is 0 Å². The van der Waals surface area contributed by atoms with Crippen molar-refractivity contribution in [1.82, 2.24) is 15.3 Å². The Morgan fingerprint density at radius 3 is 2.25 bits per heavy atom. The first kappa shape index (κ1) is 48.9. The van der Waals surface area contributed by atoms with Crippen molar-refractivity contribution >= 4 is 53.5 Å². The van der Waals surface area contributed by atoms with Crippen molar-refractivity contribution in [3.8, 4) is 0 Å². The summed E-state index contributed by atoms with van der Waals surface area (Å²) in [7, 11) is 0. The third-order valence-corrected chi connectivity index (χ3v) is 10.8. The largest absolute Gasteiger partial charge is 1.00 e. The minimum atomic E-state index is -1.64. The van der Waals surface area contributed by atoms with Gasteiger partial charge in [-0.15, -0.1) is 0 Å². The number of aromatic amines is 2. The number of unbranched alkanes of at least 4 members (excludes halogenated alkanes) is 2. The van der Waals surface area contributed by atoms with E-state index >= 15 is 0 Å². The van der Waals surface area contributed by atoms with Gasteiger partial charge >= 0.3 is 88.7 Å². The van der Waals surface area contributed by atoms with Crippen molar-refractivity contribution < 1.29 is 123 Å². The molecule has 8 bridgehead atoms. The van der Waals surface area contributed by atoms with E-state index in [1.165, 1.54) is 0 Å². The molecule has 1 amide bonds. The Morgan fingerprint density at radius 2 is 1.67 bits per heavy atom. The molecule has 15 heteroatoms. The number of allylic oxidation sites excluding steroid dienone is 1. The Balaban J connectivity index is 0.00000348. The summed E-state index contributed by atoms with van der Waals surface area (Å²) >= 11 is 0. The number of carboxylic acid groups (broad SMARTS) is 3. The molecule has 0 aromatic carbocycles. The maximum Gasteiger partial charge on any atom is 1.00 e. The van der Waals surface area contributed by atoms with Crippen molar-refractivity contribution in [2.45, 2.75) is 105 Å². The number of rotatable bonds is 13. The summed E-state index contributed by atoms with van der Waals surface area (Å²) in [6.07, 6.45) is 8.55. The quantitative estimate of drug-likeness (QED) is 0.132. The van der Waals surface area contributed by atoms with Crippen LogP contribution in [0.5, 0.6) is 0 Å². The molecule has 276 valence electrons. The zero-order chi connectivity index (χ0) is 38.0. The molecule has 4 atom stereocenters. The van der Waals surface area contributed by atoms with Crippen LogP contribution in [0.2, 0.25) is 0 Å². The van der Waals surface area contributed by atoms with Crippen LogP contribution in [-0.2, 0) is 32.0 Å². The number of carbonyl (C=O) groups excluding carboxylic acids is 4. The average Bonchev–Trinajstić information content (AvgIpc) is 3.76. The summed E-state index contributed by atoms with van der Waals surface area (Å²) in [5.41, 5.74) is 5.51. The van der Waals surface area contributed by atoms with Gasteiger partial charge in [-0.25, -0.2) is 4.99 Å². The molecule has 3 aliphatic rings. The average molecular weight is 778 g/mol. The number of fused-ring (bicyclic) bond motifs is 6. The van der Waals surface area contributed by atoms with Gasteiger partial charge in [0, 0.05) is 57.2 Å². The minimum Gasteiger partial charge on any atom is -0.550 e. The predicted octanol–water partition coefficient (Wildman–Crippen LogP) is -8.46. The number of aliphatic carboxylic acids is 3. The van der Waals surface area contributed by atoms with Gasteiger partial charge in [-0.3, -0.25) is 9.79 Å². The number of aromatic nitrogens is 2. The summed E-state index contributed by atoms with van der Waals surface area (Å²) < 4.78 is 0. The normalized spacial score (nSPS) is 21.6. The minimum absolute atomic E-state index is 0. The van der Waals surface area contributed by atoms with E-state index in [1.807, 2.05) is 40.7 Å². The van der Waals surface area contributed by atoms with Crippen molar-refractivity contribution in [2.24, 2.45) is 21.8 Å². The van der Waals surface area contributed by atoms with Crippen LogP contribution in [0.25, 0.3) is 18.2 Å². The first-order valence-corrected chi connectivity index (χ1v) is 18.0. The number of nitrogens with zero attached hydrogens (tertiary/aromatic N) is 2. The Morgan fingerprint density at radius 1 is 0.982 bits per heavy atom. The van der Waals surface area contributed by atoms with Gasteiger partial charge in [-0.05, 0) is 86.8 Å². The van der Waals surface area contributed by atoms with Gasteiger partial charge in [-0.2, -0.15) is 0 Å². The second kappa shape index (κ2) is 20.9. The Hall–Kier alpha value is -2.26. The summed E-state index contributed by atoms with van der Waals surface area (Å²) in [5.74, 6) is -6.18. The van der Waals surface area contributed by atoms with E-state index in [0.29, 0.717) is 35.9 Å². The maximum absolute atomic E-state index is 14.1. The van der Waals surface area contributed by atoms with Crippen LogP contribution in [0.4, 0.5) is 0 Å². The third kappa shape index (κ3) is 10.3.